The summed E-state index contributed by atoms with van der Waals surface area (Å²) in [4.78, 5) is 60.9. The SMILES string of the molecule is COC(=O)Nc1c(C)nc(C(C)(C)C)n(CC(=O)NC(C(=O)c2nnc(C3(c4ccccn4)CC3)o2)C(C)C)c1=O. The molecule has 13 heteroatoms. The van der Waals surface area contributed by atoms with Crippen molar-refractivity contribution in [3.05, 3.63) is 63.7 Å². The van der Waals surface area contributed by atoms with E-state index in [1.54, 1.807) is 27.0 Å². The molecule has 3 aromatic heterocycles. The van der Waals surface area contributed by atoms with Crippen LogP contribution in [0, 0.1) is 12.8 Å². The van der Waals surface area contributed by atoms with E-state index in [1.807, 2.05) is 39.0 Å². The van der Waals surface area contributed by atoms with Crippen LogP contribution in [0.4, 0.5) is 10.5 Å². The van der Waals surface area contributed by atoms with Gasteiger partial charge in [0, 0.05) is 11.6 Å². The molecule has 1 fully saturated rings. The molecule has 1 aliphatic carbocycles. The first-order valence-electron chi connectivity index (χ1n) is 13.3. The Balaban J connectivity index is 1.58. The van der Waals surface area contributed by atoms with E-state index in [4.69, 9.17) is 4.42 Å². The Morgan fingerprint density at radius 3 is 2.44 bits per heavy atom. The molecule has 0 aromatic carbocycles. The molecule has 1 saturated carbocycles. The molecule has 2 amide bonds. The number of carbonyl (C=O) groups excluding carboxylic acids is 3. The second-order valence-corrected chi connectivity index (χ2v) is 11.5. The Hall–Kier alpha value is -4.42. The van der Waals surface area contributed by atoms with Crippen LogP contribution in [-0.2, 0) is 26.9 Å². The van der Waals surface area contributed by atoms with Gasteiger partial charge >= 0.3 is 6.09 Å². The number of hydrogen-bond acceptors (Lipinski definition) is 10. The highest BCUT2D eigenvalue weighted by Gasteiger charge is 2.52. The van der Waals surface area contributed by atoms with Gasteiger partial charge in [-0.25, -0.2) is 9.78 Å². The molecule has 218 valence electrons. The average Bonchev–Trinajstić information content (AvgIpc) is 3.59. The molecule has 1 atom stereocenters. The van der Waals surface area contributed by atoms with Gasteiger partial charge < -0.3 is 14.5 Å². The number of anilines is 1. The number of nitrogens with zero attached hydrogens (tertiary/aromatic N) is 5. The summed E-state index contributed by atoms with van der Waals surface area (Å²) in [7, 11) is 1.17. The molecule has 13 nitrogen and oxygen atoms in total. The minimum atomic E-state index is -0.999. The number of nitrogens with one attached hydrogen (secondary N) is 2. The first-order chi connectivity index (χ1) is 19.3. The molecule has 3 aromatic rings. The largest absolute Gasteiger partial charge is 0.453 e. The maximum atomic E-state index is 13.4. The topological polar surface area (TPSA) is 171 Å². The molecule has 1 unspecified atom stereocenters. The quantitative estimate of drug-likeness (QED) is 0.368. The standard InChI is InChI=1S/C28H35N7O6/c1-15(2)19(21(37)22-33-34-25(41-22)28(11-12-28)17-10-8-9-13-29-17)31-18(36)14-35-23(38)20(32-26(39)40-7)16(3)30-24(35)27(4,5)6/h8-10,13,15,19H,11-12,14H2,1-7H3,(H,31,36)(H,32,39). The number of amides is 2. The van der Waals surface area contributed by atoms with Crippen LogP contribution in [0.3, 0.4) is 0 Å². The smallest absolute Gasteiger partial charge is 0.411 e. The molecular formula is C28H35N7O6. The summed E-state index contributed by atoms with van der Waals surface area (Å²) in [5.74, 6) is -1.04. The third-order valence-corrected chi connectivity index (χ3v) is 6.95. The molecule has 4 rings (SSSR count). The number of hydrogen-bond donors (Lipinski definition) is 2. The number of Topliss-reactive ketones (excluding diaryl/α,β-unsaturated/α-hetero) is 1. The number of methoxy groups -OCH3 is 1. The second-order valence-electron chi connectivity index (χ2n) is 11.5. The zero-order chi connectivity index (χ0) is 30.1. The Morgan fingerprint density at radius 1 is 1.17 bits per heavy atom. The molecule has 2 N–H and O–H groups in total. The summed E-state index contributed by atoms with van der Waals surface area (Å²) in [6.45, 7) is 10.2. The molecular weight excluding hydrogens is 530 g/mol. The lowest BCUT2D eigenvalue weighted by Gasteiger charge is -2.25. The molecule has 0 radical (unpaired) electrons. The highest BCUT2D eigenvalue weighted by atomic mass is 16.5. The van der Waals surface area contributed by atoms with E-state index in [1.165, 1.54) is 11.7 Å². The lowest BCUT2D eigenvalue weighted by molar-refractivity contribution is -0.122. The van der Waals surface area contributed by atoms with Crippen molar-refractivity contribution in [3.8, 4) is 0 Å². The van der Waals surface area contributed by atoms with E-state index in [9.17, 15) is 19.2 Å². The van der Waals surface area contributed by atoms with E-state index in [0.29, 0.717) is 11.7 Å². The van der Waals surface area contributed by atoms with Gasteiger partial charge in [-0.3, -0.25) is 29.3 Å². The van der Waals surface area contributed by atoms with Crippen molar-refractivity contribution >= 4 is 23.5 Å². The first kappa shape index (κ1) is 29.6. The van der Waals surface area contributed by atoms with Crippen LogP contribution in [0.25, 0.3) is 0 Å². The minimum absolute atomic E-state index is 0.102. The predicted molar refractivity (Wildman–Crippen MR) is 148 cm³/mol. The van der Waals surface area contributed by atoms with Gasteiger partial charge in [-0.15, -0.1) is 10.2 Å². The van der Waals surface area contributed by atoms with E-state index in [0.717, 1.165) is 18.5 Å². The highest BCUT2D eigenvalue weighted by molar-refractivity contribution is 5.98. The van der Waals surface area contributed by atoms with Gasteiger partial charge in [-0.05, 0) is 37.8 Å². The van der Waals surface area contributed by atoms with Crippen molar-refractivity contribution in [2.75, 3.05) is 12.4 Å². The molecule has 0 saturated heterocycles. The summed E-state index contributed by atoms with van der Waals surface area (Å²) in [6, 6.07) is 4.58. The van der Waals surface area contributed by atoms with Crippen LogP contribution in [0.15, 0.2) is 33.6 Å². The third-order valence-electron chi connectivity index (χ3n) is 6.95. The summed E-state index contributed by atoms with van der Waals surface area (Å²) >= 11 is 0. The summed E-state index contributed by atoms with van der Waals surface area (Å²) in [6.07, 6.45) is 2.39. The zero-order valence-corrected chi connectivity index (χ0v) is 24.3. The summed E-state index contributed by atoms with van der Waals surface area (Å²) in [5.41, 5.74) is -0.779. The Labute approximate surface area is 237 Å². The van der Waals surface area contributed by atoms with Gasteiger partial charge in [0.25, 0.3) is 11.4 Å². The van der Waals surface area contributed by atoms with Crippen molar-refractivity contribution in [3.63, 3.8) is 0 Å². The van der Waals surface area contributed by atoms with E-state index in [2.05, 4.69) is 35.5 Å². The second kappa shape index (κ2) is 11.2. The molecule has 0 aliphatic heterocycles. The van der Waals surface area contributed by atoms with Crippen LogP contribution in [0.2, 0.25) is 0 Å². The summed E-state index contributed by atoms with van der Waals surface area (Å²) in [5, 5.41) is 13.2. The van der Waals surface area contributed by atoms with Gasteiger partial charge in [-0.2, -0.15) is 0 Å². The van der Waals surface area contributed by atoms with Gasteiger partial charge in [0.15, 0.2) is 0 Å². The fraction of sp³-hybridized carbons (Fsp3) is 0.500. The van der Waals surface area contributed by atoms with Crippen LogP contribution < -0.4 is 16.2 Å². The van der Waals surface area contributed by atoms with E-state index < -0.39 is 46.8 Å². The Morgan fingerprint density at radius 2 is 1.88 bits per heavy atom. The minimum Gasteiger partial charge on any atom is -0.453 e. The number of aromatic nitrogens is 5. The average molecular weight is 566 g/mol. The fourth-order valence-corrected chi connectivity index (χ4v) is 4.57. The Bertz CT molecular complexity index is 1520. The van der Waals surface area contributed by atoms with Gasteiger partial charge in [-0.1, -0.05) is 40.7 Å². The number of carbonyl (C=O) groups is 3. The van der Waals surface area contributed by atoms with Crippen LogP contribution in [0.5, 0.6) is 0 Å². The molecule has 41 heavy (non-hydrogen) atoms. The normalized spacial score (nSPS) is 14.8. The lowest BCUT2D eigenvalue weighted by Crippen LogP contribution is -2.47. The predicted octanol–water partition coefficient (Wildman–Crippen LogP) is 2.91. The number of pyridine rings is 1. The van der Waals surface area contributed by atoms with E-state index >= 15 is 0 Å². The third kappa shape index (κ3) is 6.03. The van der Waals surface area contributed by atoms with E-state index in [-0.39, 0.29) is 23.2 Å². The van der Waals surface area contributed by atoms with Crippen LogP contribution in [-0.4, -0.2) is 55.7 Å². The van der Waals surface area contributed by atoms with Gasteiger partial charge in [0.1, 0.15) is 18.1 Å². The van der Waals surface area contributed by atoms with Crippen molar-refractivity contribution in [2.24, 2.45) is 5.92 Å². The Kier molecular flexibility index (Phi) is 8.09. The number of rotatable bonds is 9. The van der Waals surface area contributed by atoms with Gasteiger partial charge in [0.05, 0.1) is 30.0 Å². The fourth-order valence-electron chi connectivity index (χ4n) is 4.57. The van der Waals surface area contributed by atoms with Crippen molar-refractivity contribution in [1.29, 1.82) is 0 Å². The number of ether oxygens (including phenoxy) is 1. The maximum absolute atomic E-state index is 13.4. The first-order valence-corrected chi connectivity index (χ1v) is 13.3. The molecule has 3 heterocycles. The van der Waals surface area contributed by atoms with Crippen LogP contribution >= 0.6 is 0 Å². The number of ketones is 1. The monoisotopic (exact) mass is 565 g/mol. The maximum Gasteiger partial charge on any atom is 0.411 e. The zero-order valence-electron chi connectivity index (χ0n) is 24.3. The number of aryl methyl sites for hydroxylation is 1. The molecule has 1 aliphatic rings. The lowest BCUT2D eigenvalue weighted by atomic mass is 9.95. The van der Waals surface area contributed by atoms with Crippen LogP contribution in [0.1, 0.15) is 81.2 Å². The van der Waals surface area contributed by atoms with Gasteiger partial charge in [0.2, 0.25) is 17.6 Å². The highest BCUT2D eigenvalue weighted by Crippen LogP contribution is 2.52. The van der Waals surface area contributed by atoms with Crippen molar-refractivity contribution in [2.45, 2.75) is 77.8 Å². The van der Waals surface area contributed by atoms with Crippen molar-refractivity contribution in [1.82, 2.24) is 30.0 Å². The van der Waals surface area contributed by atoms with Crippen molar-refractivity contribution < 1.29 is 23.5 Å². The molecule has 0 spiro atoms. The summed E-state index contributed by atoms with van der Waals surface area (Å²) < 4.78 is 11.6. The molecule has 0 bridgehead atoms.